The third-order valence-electron chi connectivity index (χ3n) is 7.13. The fourth-order valence-corrected chi connectivity index (χ4v) is 6.45. The van der Waals surface area contributed by atoms with Gasteiger partial charge in [-0.1, -0.05) is 26.7 Å². The molecule has 0 unspecified atom stereocenters. The quantitative estimate of drug-likeness (QED) is 0.784. The molecule has 1 N–H and O–H groups in total. The summed E-state index contributed by atoms with van der Waals surface area (Å²) in [4.78, 5) is 26.4. The molecular formula is C23H31N3O4S. The van der Waals surface area contributed by atoms with Gasteiger partial charge in [0.1, 0.15) is 5.56 Å². The molecule has 0 bridgehead atoms. The van der Waals surface area contributed by atoms with Gasteiger partial charge in [-0.15, -0.1) is 0 Å². The van der Waals surface area contributed by atoms with E-state index in [4.69, 9.17) is 0 Å². The lowest BCUT2D eigenvalue weighted by molar-refractivity contribution is 0.0889. The van der Waals surface area contributed by atoms with Crippen molar-refractivity contribution in [3.8, 4) is 0 Å². The van der Waals surface area contributed by atoms with Crippen LogP contribution in [0.1, 0.15) is 56.3 Å². The monoisotopic (exact) mass is 445 g/mol. The third kappa shape index (κ3) is 4.03. The number of carbonyl (C=O) groups excluding carboxylic acids is 1. The number of aromatic nitrogens is 1. The average molecular weight is 446 g/mol. The van der Waals surface area contributed by atoms with Gasteiger partial charge in [0.25, 0.3) is 5.91 Å². The lowest BCUT2D eigenvalue weighted by Gasteiger charge is -2.34. The summed E-state index contributed by atoms with van der Waals surface area (Å²) in [6.07, 6.45) is 6.35. The predicted molar refractivity (Wildman–Crippen MR) is 121 cm³/mol. The Hall–Kier alpha value is -2.19. The molecule has 1 saturated heterocycles. The number of rotatable bonds is 4. The number of amides is 1. The zero-order valence-corrected chi connectivity index (χ0v) is 19.2. The van der Waals surface area contributed by atoms with Crippen molar-refractivity contribution < 1.29 is 13.2 Å². The van der Waals surface area contributed by atoms with Crippen molar-refractivity contribution in [1.29, 1.82) is 0 Å². The predicted octanol–water partition coefficient (Wildman–Crippen LogP) is 2.88. The van der Waals surface area contributed by atoms with Gasteiger partial charge < -0.3 is 9.88 Å². The van der Waals surface area contributed by atoms with Crippen molar-refractivity contribution in [1.82, 2.24) is 14.2 Å². The summed E-state index contributed by atoms with van der Waals surface area (Å²) >= 11 is 0. The normalized spacial score (nSPS) is 25.1. The number of hydrogen-bond donors (Lipinski definition) is 1. The second-order valence-electron chi connectivity index (χ2n) is 9.12. The van der Waals surface area contributed by atoms with E-state index in [9.17, 15) is 18.0 Å². The zero-order valence-electron chi connectivity index (χ0n) is 18.4. The van der Waals surface area contributed by atoms with Gasteiger partial charge in [0, 0.05) is 37.8 Å². The third-order valence-corrected chi connectivity index (χ3v) is 9.03. The maximum Gasteiger partial charge on any atom is 0.256 e. The molecule has 0 spiro atoms. The molecule has 1 amide bonds. The first kappa shape index (κ1) is 22.0. The molecule has 2 fully saturated rings. The van der Waals surface area contributed by atoms with Gasteiger partial charge in [-0.05, 0) is 49.3 Å². The van der Waals surface area contributed by atoms with Crippen LogP contribution in [0.5, 0.6) is 0 Å². The van der Waals surface area contributed by atoms with E-state index in [0.29, 0.717) is 30.4 Å². The number of aryl methyl sites for hydroxylation is 1. The van der Waals surface area contributed by atoms with E-state index in [2.05, 4.69) is 19.2 Å². The minimum atomic E-state index is -3.64. The fraction of sp³-hybridized carbons (Fsp3) is 0.565. The van der Waals surface area contributed by atoms with Gasteiger partial charge in [-0.25, -0.2) is 8.42 Å². The van der Waals surface area contributed by atoms with Gasteiger partial charge in [0.15, 0.2) is 0 Å². The molecule has 31 heavy (non-hydrogen) atoms. The number of nitrogens with one attached hydrogen (secondary N) is 1. The second kappa shape index (κ2) is 8.39. The number of hydrogen-bond acceptors (Lipinski definition) is 4. The Balaban J connectivity index is 1.71. The molecule has 1 aliphatic heterocycles. The summed E-state index contributed by atoms with van der Waals surface area (Å²) in [6.45, 7) is 5.33. The van der Waals surface area contributed by atoms with Crippen molar-refractivity contribution in [2.75, 3.05) is 13.1 Å². The van der Waals surface area contributed by atoms with E-state index in [1.807, 2.05) is 0 Å². The summed E-state index contributed by atoms with van der Waals surface area (Å²) in [5.41, 5.74) is 0.221. The average Bonchev–Trinajstić information content (AvgIpc) is 3.29. The Morgan fingerprint density at radius 1 is 1.10 bits per heavy atom. The van der Waals surface area contributed by atoms with E-state index in [-0.39, 0.29) is 27.8 Å². The van der Waals surface area contributed by atoms with Crippen LogP contribution in [0.4, 0.5) is 0 Å². The minimum absolute atomic E-state index is 0.0403. The number of pyridine rings is 1. The molecule has 168 valence electrons. The second-order valence-corrected chi connectivity index (χ2v) is 11.1. The van der Waals surface area contributed by atoms with E-state index < -0.39 is 15.5 Å². The molecule has 1 aromatic carbocycles. The van der Waals surface area contributed by atoms with Gasteiger partial charge in [0.2, 0.25) is 15.5 Å². The molecule has 1 saturated carbocycles. The summed E-state index contributed by atoms with van der Waals surface area (Å²) < 4.78 is 29.1. The first-order chi connectivity index (χ1) is 14.7. The summed E-state index contributed by atoms with van der Waals surface area (Å²) in [6, 6.07) is 4.65. The maximum atomic E-state index is 13.2. The van der Waals surface area contributed by atoms with Crippen LogP contribution in [0.3, 0.4) is 0 Å². The highest BCUT2D eigenvalue weighted by Crippen LogP contribution is 2.29. The molecule has 4 rings (SSSR count). The standard InChI is InChI=1S/C23H31N3O4S/c1-15-7-6-8-20(16(15)2)24-23(28)19-14-25(3)21-10-9-17(13-18(21)22(19)27)31(29,30)26-11-4-5-12-26/h9-10,13-16,20H,4-8,11-12H2,1-3H3,(H,24,28)/t15-,16-,20+/m1/s1. The lowest BCUT2D eigenvalue weighted by atomic mass is 9.78. The number of fused-ring (bicyclic) bond motifs is 1. The highest BCUT2D eigenvalue weighted by molar-refractivity contribution is 7.89. The molecule has 0 radical (unpaired) electrons. The summed E-state index contributed by atoms with van der Waals surface area (Å²) in [5.74, 6) is 0.484. The number of nitrogens with zero attached hydrogens (tertiary/aromatic N) is 2. The van der Waals surface area contributed by atoms with E-state index in [1.165, 1.54) is 10.4 Å². The van der Waals surface area contributed by atoms with E-state index in [0.717, 1.165) is 32.1 Å². The Labute approximate surface area is 183 Å². The van der Waals surface area contributed by atoms with Crippen molar-refractivity contribution in [2.24, 2.45) is 18.9 Å². The van der Waals surface area contributed by atoms with Crippen LogP contribution in [0.25, 0.3) is 10.9 Å². The molecule has 7 nitrogen and oxygen atoms in total. The Kier molecular flexibility index (Phi) is 5.96. The van der Waals surface area contributed by atoms with Gasteiger partial charge in [-0.2, -0.15) is 4.31 Å². The van der Waals surface area contributed by atoms with Crippen LogP contribution in [0.15, 0.2) is 34.1 Å². The van der Waals surface area contributed by atoms with Crippen LogP contribution < -0.4 is 10.7 Å². The fourth-order valence-electron chi connectivity index (χ4n) is 4.90. The highest BCUT2D eigenvalue weighted by Gasteiger charge is 2.30. The topological polar surface area (TPSA) is 88.5 Å². The van der Waals surface area contributed by atoms with Crippen LogP contribution >= 0.6 is 0 Å². The van der Waals surface area contributed by atoms with Crippen LogP contribution in [0, 0.1) is 11.8 Å². The van der Waals surface area contributed by atoms with Crippen LogP contribution in [-0.4, -0.2) is 42.3 Å². The molecule has 1 aromatic heterocycles. The maximum absolute atomic E-state index is 13.2. The summed E-state index contributed by atoms with van der Waals surface area (Å²) in [5, 5.41) is 3.31. The highest BCUT2D eigenvalue weighted by atomic mass is 32.2. The first-order valence-electron chi connectivity index (χ1n) is 11.1. The molecular weight excluding hydrogens is 414 g/mol. The van der Waals surface area contributed by atoms with Gasteiger partial charge >= 0.3 is 0 Å². The minimum Gasteiger partial charge on any atom is -0.350 e. The molecule has 2 aromatic rings. The van der Waals surface area contributed by atoms with Crippen molar-refractivity contribution in [3.63, 3.8) is 0 Å². The zero-order chi connectivity index (χ0) is 22.3. The van der Waals surface area contributed by atoms with Crippen LogP contribution in [0.2, 0.25) is 0 Å². The lowest BCUT2D eigenvalue weighted by Crippen LogP contribution is -2.45. The van der Waals surface area contributed by atoms with Crippen molar-refractivity contribution in [2.45, 2.75) is 56.9 Å². The number of carbonyl (C=O) groups is 1. The Morgan fingerprint density at radius 2 is 1.81 bits per heavy atom. The van der Waals surface area contributed by atoms with Crippen LogP contribution in [-0.2, 0) is 17.1 Å². The molecule has 2 aliphatic rings. The SMILES string of the molecule is C[C@@H]1[C@H](C)CCC[C@@H]1NC(=O)c1cn(C)c2ccc(S(=O)(=O)N3CCCC3)cc2c1=O. The van der Waals surface area contributed by atoms with E-state index in [1.54, 1.807) is 29.9 Å². The van der Waals surface area contributed by atoms with Gasteiger partial charge in [0.05, 0.1) is 10.4 Å². The molecule has 3 atom stereocenters. The molecule has 1 aliphatic carbocycles. The van der Waals surface area contributed by atoms with E-state index >= 15 is 0 Å². The smallest absolute Gasteiger partial charge is 0.256 e. The van der Waals surface area contributed by atoms with Gasteiger partial charge in [-0.3, -0.25) is 9.59 Å². The Bertz CT molecular complexity index is 1170. The first-order valence-corrected chi connectivity index (χ1v) is 12.6. The number of sulfonamides is 1. The molecule has 2 heterocycles. The number of benzene rings is 1. The Morgan fingerprint density at radius 3 is 2.52 bits per heavy atom. The van der Waals surface area contributed by atoms with Crippen molar-refractivity contribution in [3.05, 3.63) is 40.2 Å². The largest absolute Gasteiger partial charge is 0.350 e. The van der Waals surface area contributed by atoms with Crippen molar-refractivity contribution >= 4 is 26.8 Å². The molecule has 8 heteroatoms. The summed E-state index contributed by atoms with van der Waals surface area (Å²) in [7, 11) is -1.88.